The molecular weight excluding hydrogens is 665 g/mol. The first-order valence-electron chi connectivity index (χ1n) is 13.7. The van der Waals surface area contributed by atoms with E-state index in [2.05, 4.69) is 62.9 Å². The Bertz CT molecular complexity index is 1750. The van der Waals surface area contributed by atoms with E-state index in [0.29, 0.717) is 26.1 Å². The second-order valence-electron chi connectivity index (χ2n) is 9.43. The monoisotopic (exact) mass is 694 g/mol. The normalized spacial score (nSPS) is 11.2. The molecule has 7 N–H and O–H groups in total. The minimum atomic E-state index is -0.709. The molecule has 18 nitrogen and oxygen atoms in total. The number of nitrogens with one attached hydrogen (secondary N) is 7. The number of hydrogen-bond acceptors (Lipinski definition) is 16. The average Bonchev–Trinajstić information content (AvgIpc) is 3.70. The lowest BCUT2D eigenvalue weighted by atomic mass is 10.2. The number of hydrazine groups is 2. The van der Waals surface area contributed by atoms with E-state index in [1.807, 2.05) is 31.2 Å². The van der Waals surface area contributed by atoms with E-state index >= 15 is 0 Å². The van der Waals surface area contributed by atoms with Crippen molar-refractivity contribution >= 4 is 91.9 Å². The van der Waals surface area contributed by atoms with Gasteiger partial charge in [0.05, 0.1) is 20.4 Å². The highest BCUT2D eigenvalue weighted by molar-refractivity contribution is 7.19. The van der Waals surface area contributed by atoms with Crippen molar-refractivity contribution in [1.82, 2.24) is 25.8 Å². The SMILES string of the molecule is CON=C(C(=O)NNc1nc(NNC(=O)C(=NOC)c2ccc(NC(C)=O)s2)nc(Nc2ccc(C)cc2)n1)c1cc(NC(C)=O)cs1. The molecule has 0 spiro atoms. The molecule has 0 radical (unpaired) electrons. The summed E-state index contributed by atoms with van der Waals surface area (Å²) in [6, 6.07) is 12.2. The summed E-state index contributed by atoms with van der Waals surface area (Å²) in [5.41, 5.74) is 12.1. The minimum absolute atomic E-state index is 0.0512. The third-order valence-electron chi connectivity index (χ3n) is 5.61. The van der Waals surface area contributed by atoms with Crippen LogP contribution in [0, 0.1) is 6.92 Å². The Morgan fingerprint density at radius 3 is 1.83 bits per heavy atom. The van der Waals surface area contributed by atoms with Gasteiger partial charge in [0, 0.05) is 24.9 Å². The van der Waals surface area contributed by atoms with Crippen LogP contribution in [0.2, 0.25) is 0 Å². The number of oxime groups is 2. The summed E-state index contributed by atoms with van der Waals surface area (Å²) in [6.07, 6.45) is 0. The predicted octanol–water partition coefficient (Wildman–Crippen LogP) is 2.95. The van der Waals surface area contributed by atoms with Crippen molar-refractivity contribution in [3.05, 3.63) is 63.2 Å². The van der Waals surface area contributed by atoms with Crippen LogP contribution in [-0.4, -0.2) is 64.2 Å². The van der Waals surface area contributed by atoms with Gasteiger partial charge in [0.1, 0.15) is 14.2 Å². The first-order chi connectivity index (χ1) is 23.0. The van der Waals surface area contributed by atoms with Gasteiger partial charge in [-0.25, -0.2) is 0 Å². The largest absolute Gasteiger partial charge is 0.398 e. The number of benzene rings is 1. The van der Waals surface area contributed by atoms with Crippen LogP contribution in [0.5, 0.6) is 0 Å². The van der Waals surface area contributed by atoms with Gasteiger partial charge in [-0.1, -0.05) is 28.0 Å². The zero-order valence-electron chi connectivity index (χ0n) is 26.1. The summed E-state index contributed by atoms with van der Waals surface area (Å²) < 4.78 is 0. The molecule has 0 aliphatic rings. The third-order valence-corrected chi connectivity index (χ3v) is 7.55. The van der Waals surface area contributed by atoms with Crippen LogP contribution in [0.15, 0.2) is 58.2 Å². The van der Waals surface area contributed by atoms with Gasteiger partial charge in [-0.05, 0) is 37.3 Å². The molecule has 0 saturated heterocycles. The number of rotatable bonds is 14. The lowest BCUT2D eigenvalue weighted by molar-refractivity contribution is -0.115. The maximum absolute atomic E-state index is 13.1. The fourth-order valence-electron chi connectivity index (χ4n) is 3.67. The van der Waals surface area contributed by atoms with Crippen molar-refractivity contribution in [2.75, 3.05) is 41.0 Å². The van der Waals surface area contributed by atoms with Crippen molar-refractivity contribution < 1.29 is 28.9 Å². The topological polar surface area (TPSA) is 234 Å². The van der Waals surface area contributed by atoms with E-state index in [0.717, 1.165) is 28.2 Å². The zero-order chi connectivity index (χ0) is 34.6. The fourth-order valence-corrected chi connectivity index (χ4v) is 5.42. The Morgan fingerprint density at radius 1 is 0.708 bits per heavy atom. The number of aromatic nitrogens is 3. The molecule has 0 atom stereocenters. The Balaban J connectivity index is 1.53. The summed E-state index contributed by atoms with van der Waals surface area (Å²) in [5.74, 6) is -2.17. The van der Waals surface area contributed by atoms with Gasteiger partial charge in [0.2, 0.25) is 29.7 Å². The highest BCUT2D eigenvalue weighted by atomic mass is 32.1. The molecule has 4 amide bonds. The third kappa shape index (κ3) is 9.92. The van der Waals surface area contributed by atoms with Gasteiger partial charge >= 0.3 is 0 Å². The van der Waals surface area contributed by atoms with Crippen molar-refractivity contribution in [3.8, 4) is 0 Å². The molecule has 0 aliphatic heterocycles. The van der Waals surface area contributed by atoms with Crippen LogP contribution in [-0.2, 0) is 28.9 Å². The van der Waals surface area contributed by atoms with Gasteiger partial charge in [-0.3, -0.25) is 40.9 Å². The van der Waals surface area contributed by atoms with Crippen LogP contribution in [0.25, 0.3) is 0 Å². The highest BCUT2D eigenvalue weighted by Gasteiger charge is 2.21. The van der Waals surface area contributed by atoms with Crippen molar-refractivity contribution in [3.63, 3.8) is 0 Å². The van der Waals surface area contributed by atoms with Gasteiger partial charge in [0.25, 0.3) is 11.8 Å². The number of carbonyl (C=O) groups is 4. The molecule has 0 bridgehead atoms. The standard InChI is InChI=1S/C28H30N12O6S2/c1-14-6-8-17(9-7-14)31-26-32-27(37-35-24(43)22(39-45-4)19-10-11-21(48-19)30-16(3)42)34-28(33-26)38-36-25(44)23(40-46-5)20-12-18(13-47-20)29-15(2)41/h6-13H,1-5H3,(H,29,41)(H,30,42)(H,35,43)(H,36,44)(H3,31,32,33,34,37,38). The molecule has 4 rings (SSSR count). The average molecular weight is 695 g/mol. The molecule has 250 valence electrons. The van der Waals surface area contributed by atoms with E-state index in [-0.39, 0.29) is 41.1 Å². The van der Waals surface area contributed by atoms with Crippen molar-refractivity contribution in [2.24, 2.45) is 10.3 Å². The molecule has 20 heteroatoms. The maximum atomic E-state index is 13.1. The van der Waals surface area contributed by atoms with Gasteiger partial charge < -0.3 is 25.6 Å². The van der Waals surface area contributed by atoms with E-state index in [9.17, 15) is 19.2 Å². The Labute approximate surface area is 281 Å². The van der Waals surface area contributed by atoms with Gasteiger partial charge in [-0.15, -0.1) is 22.7 Å². The number of carbonyl (C=O) groups excluding carboxylic acids is 4. The second kappa shape index (κ2) is 16.4. The first-order valence-corrected chi connectivity index (χ1v) is 15.4. The Morgan fingerprint density at radius 2 is 1.27 bits per heavy atom. The molecular formula is C28H30N12O6S2. The van der Waals surface area contributed by atoms with Crippen LogP contribution in [0.3, 0.4) is 0 Å². The minimum Gasteiger partial charge on any atom is -0.398 e. The van der Waals surface area contributed by atoms with Crippen LogP contribution in [0.4, 0.5) is 34.2 Å². The fraction of sp³-hybridized carbons (Fsp3) is 0.179. The summed E-state index contributed by atoms with van der Waals surface area (Å²) in [4.78, 5) is 72.4. The highest BCUT2D eigenvalue weighted by Crippen LogP contribution is 2.23. The van der Waals surface area contributed by atoms with Crippen molar-refractivity contribution in [1.29, 1.82) is 0 Å². The lowest BCUT2D eigenvalue weighted by Gasteiger charge is -2.13. The van der Waals surface area contributed by atoms with E-state index in [1.54, 1.807) is 23.6 Å². The van der Waals surface area contributed by atoms with Crippen LogP contribution in [0.1, 0.15) is 29.2 Å². The number of amides is 4. The molecule has 48 heavy (non-hydrogen) atoms. The summed E-state index contributed by atoms with van der Waals surface area (Å²) in [7, 11) is 2.57. The van der Waals surface area contributed by atoms with Crippen LogP contribution < -0.4 is 37.7 Å². The van der Waals surface area contributed by atoms with Crippen molar-refractivity contribution in [2.45, 2.75) is 20.8 Å². The lowest BCUT2D eigenvalue weighted by Crippen LogP contribution is -2.38. The van der Waals surface area contributed by atoms with E-state index in [1.165, 1.54) is 28.1 Å². The maximum Gasteiger partial charge on any atom is 0.293 e. The molecule has 0 unspecified atom stereocenters. The Hall–Kier alpha value is -6.15. The molecule has 4 aromatic rings. The molecule has 0 fully saturated rings. The summed E-state index contributed by atoms with van der Waals surface area (Å²) in [6.45, 7) is 4.67. The molecule has 1 aromatic carbocycles. The quantitative estimate of drug-likeness (QED) is 0.0746. The summed E-state index contributed by atoms with van der Waals surface area (Å²) in [5, 5.41) is 18.1. The molecule has 0 aliphatic carbocycles. The number of nitrogens with zero attached hydrogens (tertiary/aromatic N) is 5. The molecule has 3 heterocycles. The second-order valence-corrected chi connectivity index (χ2v) is 11.4. The number of hydrogen-bond donors (Lipinski definition) is 7. The number of aryl methyl sites for hydroxylation is 1. The smallest absolute Gasteiger partial charge is 0.293 e. The Kier molecular flexibility index (Phi) is 11.9. The van der Waals surface area contributed by atoms with Crippen LogP contribution >= 0.6 is 22.7 Å². The zero-order valence-corrected chi connectivity index (χ0v) is 27.8. The molecule has 3 aromatic heterocycles. The molecule has 0 saturated carbocycles. The predicted molar refractivity (Wildman–Crippen MR) is 182 cm³/mol. The van der Waals surface area contributed by atoms with E-state index < -0.39 is 11.8 Å². The van der Waals surface area contributed by atoms with E-state index in [4.69, 9.17) is 9.68 Å². The van der Waals surface area contributed by atoms with Gasteiger partial charge in [0.15, 0.2) is 11.4 Å². The summed E-state index contributed by atoms with van der Waals surface area (Å²) >= 11 is 2.28. The van der Waals surface area contributed by atoms with Gasteiger partial charge in [-0.2, -0.15) is 15.0 Å². The first kappa shape index (κ1) is 34.7. The number of thiophene rings is 2. The number of anilines is 6.